The first-order chi connectivity index (χ1) is 7.13. The van der Waals surface area contributed by atoms with Crippen LogP contribution >= 0.6 is 0 Å². The average molecular weight is 208 g/mol. The number of carbonyl (C=O) groups excluding carboxylic acids is 1. The van der Waals surface area contributed by atoms with E-state index in [1.54, 1.807) is 6.92 Å². The lowest BCUT2D eigenvalue weighted by Gasteiger charge is -2.03. The molecule has 0 amide bonds. The van der Waals surface area contributed by atoms with Crippen LogP contribution < -0.4 is 5.56 Å². The van der Waals surface area contributed by atoms with Crippen molar-refractivity contribution in [3.63, 3.8) is 0 Å². The molecule has 0 fully saturated rings. The van der Waals surface area contributed by atoms with Gasteiger partial charge in [0.2, 0.25) is 0 Å². The highest BCUT2D eigenvalue weighted by Crippen LogP contribution is 1.96. The fourth-order valence-corrected chi connectivity index (χ4v) is 1.31. The minimum absolute atomic E-state index is 0.0496. The number of aromatic nitrogens is 2. The molecule has 0 radical (unpaired) electrons. The van der Waals surface area contributed by atoms with Gasteiger partial charge in [0.15, 0.2) is 0 Å². The fraction of sp³-hybridized carbons (Fsp3) is 0.545. The van der Waals surface area contributed by atoms with Gasteiger partial charge < -0.3 is 0 Å². The van der Waals surface area contributed by atoms with E-state index in [0.717, 1.165) is 5.69 Å². The highest BCUT2D eigenvalue weighted by Gasteiger charge is 2.00. The quantitative estimate of drug-likeness (QED) is 0.733. The zero-order chi connectivity index (χ0) is 11.3. The van der Waals surface area contributed by atoms with Crippen molar-refractivity contribution in [1.29, 1.82) is 0 Å². The average Bonchev–Trinajstić information content (AvgIpc) is 2.21. The second-order valence-electron chi connectivity index (χ2n) is 3.56. The van der Waals surface area contributed by atoms with Crippen LogP contribution in [0, 0.1) is 6.92 Å². The van der Waals surface area contributed by atoms with Gasteiger partial charge in [-0.3, -0.25) is 14.2 Å². The molecule has 0 aliphatic carbocycles. The van der Waals surface area contributed by atoms with Crippen molar-refractivity contribution >= 4 is 5.78 Å². The molecule has 1 aromatic rings. The Labute approximate surface area is 89.0 Å². The summed E-state index contributed by atoms with van der Waals surface area (Å²) in [6.45, 7) is 4.20. The molecule has 0 bridgehead atoms. The molecule has 0 saturated heterocycles. The first kappa shape index (κ1) is 11.6. The van der Waals surface area contributed by atoms with Crippen molar-refractivity contribution in [2.75, 3.05) is 0 Å². The molecular formula is C11H16N2O2. The second-order valence-corrected chi connectivity index (χ2v) is 3.56. The zero-order valence-corrected chi connectivity index (χ0v) is 9.19. The van der Waals surface area contributed by atoms with Crippen LogP contribution in [-0.4, -0.2) is 15.3 Å². The van der Waals surface area contributed by atoms with E-state index in [1.165, 1.54) is 17.0 Å². The molecule has 0 spiro atoms. The second kappa shape index (κ2) is 5.44. The summed E-state index contributed by atoms with van der Waals surface area (Å²) in [6.07, 6.45) is 3.35. The lowest BCUT2D eigenvalue weighted by molar-refractivity contribution is -0.118. The molecule has 0 aliphatic rings. The van der Waals surface area contributed by atoms with Crippen LogP contribution in [0.1, 0.15) is 31.9 Å². The van der Waals surface area contributed by atoms with Crippen molar-refractivity contribution < 1.29 is 4.79 Å². The van der Waals surface area contributed by atoms with E-state index < -0.39 is 0 Å². The van der Waals surface area contributed by atoms with Gasteiger partial charge in [-0.15, -0.1) is 0 Å². The van der Waals surface area contributed by atoms with Crippen LogP contribution in [0.25, 0.3) is 0 Å². The van der Waals surface area contributed by atoms with Crippen molar-refractivity contribution in [2.24, 2.45) is 0 Å². The Bertz CT molecular complexity index is 396. The molecule has 4 nitrogen and oxygen atoms in total. The van der Waals surface area contributed by atoms with Gasteiger partial charge in [0.25, 0.3) is 5.56 Å². The Morgan fingerprint density at radius 1 is 1.53 bits per heavy atom. The van der Waals surface area contributed by atoms with Gasteiger partial charge in [0.1, 0.15) is 5.78 Å². The monoisotopic (exact) mass is 208 g/mol. The molecule has 0 atom stereocenters. The molecule has 0 saturated carbocycles. The van der Waals surface area contributed by atoms with E-state index in [9.17, 15) is 9.59 Å². The summed E-state index contributed by atoms with van der Waals surface area (Å²) < 4.78 is 1.54. The molecule has 1 aromatic heterocycles. The van der Waals surface area contributed by atoms with E-state index in [2.05, 4.69) is 4.98 Å². The predicted molar refractivity (Wildman–Crippen MR) is 57.8 cm³/mol. The van der Waals surface area contributed by atoms with E-state index in [4.69, 9.17) is 0 Å². The van der Waals surface area contributed by atoms with Gasteiger partial charge in [-0.25, -0.2) is 4.98 Å². The number of Topliss-reactive ketones (excluding diaryl/α,β-unsaturated/α-hetero) is 1. The number of ketones is 1. The van der Waals surface area contributed by atoms with Gasteiger partial charge in [-0.1, -0.05) is 6.92 Å². The maximum absolute atomic E-state index is 11.4. The standard InChI is InChI=1S/C11H16N2O2/c1-3-10(14)5-4-6-13-8-12-9(2)7-11(13)15/h7-8H,3-6H2,1-2H3. The minimum Gasteiger partial charge on any atom is -0.300 e. The van der Waals surface area contributed by atoms with Crippen molar-refractivity contribution in [1.82, 2.24) is 9.55 Å². The molecule has 15 heavy (non-hydrogen) atoms. The van der Waals surface area contributed by atoms with Gasteiger partial charge in [0, 0.05) is 31.1 Å². The topological polar surface area (TPSA) is 52.0 Å². The molecule has 1 rings (SSSR count). The number of aryl methyl sites for hydroxylation is 2. The van der Waals surface area contributed by atoms with Crippen LogP contribution in [0.15, 0.2) is 17.2 Å². The number of nitrogens with zero attached hydrogens (tertiary/aromatic N) is 2. The Morgan fingerprint density at radius 3 is 2.87 bits per heavy atom. The summed E-state index contributed by atoms with van der Waals surface area (Å²) in [6, 6.07) is 1.50. The predicted octanol–water partition coefficient (Wildman–Crippen LogP) is 1.31. The van der Waals surface area contributed by atoms with E-state index in [-0.39, 0.29) is 11.3 Å². The van der Waals surface area contributed by atoms with E-state index in [1.807, 2.05) is 6.92 Å². The van der Waals surface area contributed by atoms with Gasteiger partial charge in [0.05, 0.1) is 6.33 Å². The molecule has 4 heteroatoms. The maximum atomic E-state index is 11.4. The third kappa shape index (κ3) is 3.65. The number of rotatable bonds is 5. The first-order valence-electron chi connectivity index (χ1n) is 5.18. The Balaban J connectivity index is 2.51. The minimum atomic E-state index is -0.0496. The lowest BCUT2D eigenvalue weighted by atomic mass is 10.2. The molecular weight excluding hydrogens is 192 g/mol. The molecule has 0 aromatic carbocycles. The summed E-state index contributed by atoms with van der Waals surface area (Å²) in [5, 5.41) is 0. The summed E-state index contributed by atoms with van der Waals surface area (Å²) >= 11 is 0. The van der Waals surface area contributed by atoms with Gasteiger partial charge in [-0.05, 0) is 13.3 Å². The van der Waals surface area contributed by atoms with E-state index in [0.29, 0.717) is 25.8 Å². The van der Waals surface area contributed by atoms with Crippen LogP contribution in [0.3, 0.4) is 0 Å². The van der Waals surface area contributed by atoms with Gasteiger partial charge in [-0.2, -0.15) is 0 Å². The van der Waals surface area contributed by atoms with E-state index >= 15 is 0 Å². The highest BCUT2D eigenvalue weighted by molar-refractivity contribution is 5.77. The lowest BCUT2D eigenvalue weighted by Crippen LogP contribution is -2.20. The fourth-order valence-electron chi connectivity index (χ4n) is 1.31. The summed E-state index contributed by atoms with van der Waals surface area (Å²) in [4.78, 5) is 26.5. The largest absolute Gasteiger partial charge is 0.300 e. The first-order valence-corrected chi connectivity index (χ1v) is 5.18. The van der Waals surface area contributed by atoms with Crippen molar-refractivity contribution in [2.45, 2.75) is 39.7 Å². The number of hydrogen-bond acceptors (Lipinski definition) is 3. The maximum Gasteiger partial charge on any atom is 0.253 e. The Morgan fingerprint density at radius 2 is 2.27 bits per heavy atom. The van der Waals surface area contributed by atoms with Crippen LogP contribution in [-0.2, 0) is 11.3 Å². The molecule has 0 aliphatic heterocycles. The van der Waals surface area contributed by atoms with Crippen LogP contribution in [0.4, 0.5) is 0 Å². The zero-order valence-electron chi connectivity index (χ0n) is 9.19. The Hall–Kier alpha value is -1.45. The molecule has 0 unspecified atom stereocenters. The smallest absolute Gasteiger partial charge is 0.253 e. The third-order valence-corrected chi connectivity index (χ3v) is 2.27. The summed E-state index contributed by atoms with van der Waals surface area (Å²) in [5.74, 6) is 0.239. The normalized spacial score (nSPS) is 10.3. The third-order valence-electron chi connectivity index (χ3n) is 2.27. The molecule has 1 heterocycles. The van der Waals surface area contributed by atoms with Crippen molar-refractivity contribution in [3.8, 4) is 0 Å². The molecule has 0 N–H and O–H groups in total. The Kier molecular flexibility index (Phi) is 4.21. The van der Waals surface area contributed by atoms with Crippen molar-refractivity contribution in [3.05, 3.63) is 28.4 Å². The SMILES string of the molecule is CCC(=O)CCCn1cnc(C)cc1=O. The highest BCUT2D eigenvalue weighted by atomic mass is 16.1. The summed E-state index contributed by atoms with van der Waals surface area (Å²) in [5.41, 5.74) is 0.673. The van der Waals surface area contributed by atoms with Gasteiger partial charge >= 0.3 is 0 Å². The van der Waals surface area contributed by atoms with Crippen LogP contribution in [0.2, 0.25) is 0 Å². The number of hydrogen-bond donors (Lipinski definition) is 0. The summed E-state index contributed by atoms with van der Waals surface area (Å²) in [7, 11) is 0. The molecule has 82 valence electrons. The number of carbonyl (C=O) groups is 1. The van der Waals surface area contributed by atoms with Crippen LogP contribution in [0.5, 0.6) is 0 Å².